The lowest BCUT2D eigenvalue weighted by Crippen LogP contribution is -2.39. The van der Waals surface area contributed by atoms with E-state index in [9.17, 15) is 4.79 Å². The highest BCUT2D eigenvalue weighted by Gasteiger charge is 2.17. The third-order valence-electron chi connectivity index (χ3n) is 2.57. The van der Waals surface area contributed by atoms with E-state index in [0.717, 1.165) is 25.9 Å². The first-order valence-corrected chi connectivity index (χ1v) is 5.35. The molecule has 0 spiro atoms. The van der Waals surface area contributed by atoms with Crippen LogP contribution in [0.1, 0.15) is 23.3 Å². The maximum absolute atomic E-state index is 11.1. The zero-order valence-electron chi connectivity index (χ0n) is 8.94. The summed E-state index contributed by atoms with van der Waals surface area (Å²) in [5.41, 5.74) is 5.42. The average Bonchev–Trinajstić information content (AvgIpc) is 2.31. The number of amides is 1. The molecule has 86 valence electrons. The Bertz CT molecular complexity index is 375. The summed E-state index contributed by atoms with van der Waals surface area (Å²) in [4.78, 5) is 19.1. The van der Waals surface area contributed by atoms with Crippen LogP contribution in [0, 0.1) is 0 Å². The second-order valence-corrected chi connectivity index (χ2v) is 3.81. The molecule has 1 aromatic heterocycles. The van der Waals surface area contributed by atoms with Crippen molar-refractivity contribution in [2.75, 3.05) is 18.4 Å². The fourth-order valence-corrected chi connectivity index (χ4v) is 1.79. The van der Waals surface area contributed by atoms with Crippen LogP contribution in [0.4, 0.5) is 5.82 Å². The summed E-state index contributed by atoms with van der Waals surface area (Å²) in [6.45, 7) is 1.91. The quantitative estimate of drug-likeness (QED) is 0.654. The number of nitrogens with zero attached hydrogens (tertiary/aromatic N) is 2. The third kappa shape index (κ3) is 2.46. The molecule has 1 aromatic rings. The normalized spacial score (nSPS) is 20.4. The van der Waals surface area contributed by atoms with Gasteiger partial charge in [0.05, 0.1) is 0 Å². The number of piperidine rings is 1. The van der Waals surface area contributed by atoms with Crippen molar-refractivity contribution in [2.45, 2.75) is 18.9 Å². The molecule has 0 aliphatic carbocycles. The molecule has 1 amide bonds. The number of aromatic nitrogens is 2. The molecule has 1 saturated heterocycles. The first-order chi connectivity index (χ1) is 7.77. The Morgan fingerprint density at radius 2 is 2.31 bits per heavy atom. The molecule has 1 aliphatic heterocycles. The van der Waals surface area contributed by atoms with Crippen LogP contribution >= 0.6 is 0 Å². The van der Waals surface area contributed by atoms with Crippen molar-refractivity contribution in [3.8, 4) is 0 Å². The van der Waals surface area contributed by atoms with E-state index < -0.39 is 5.91 Å². The largest absolute Gasteiger partial charge is 0.364 e. The van der Waals surface area contributed by atoms with E-state index in [-0.39, 0.29) is 11.7 Å². The number of nitrogens with one attached hydrogen (secondary N) is 2. The number of hydrogen-bond donors (Lipinski definition) is 3. The van der Waals surface area contributed by atoms with E-state index in [1.165, 1.54) is 6.20 Å². The summed E-state index contributed by atoms with van der Waals surface area (Å²) < 4.78 is 0. The van der Waals surface area contributed by atoms with Crippen molar-refractivity contribution in [1.29, 1.82) is 0 Å². The fourth-order valence-electron chi connectivity index (χ4n) is 1.79. The van der Waals surface area contributed by atoms with Gasteiger partial charge in [-0.25, -0.2) is 9.97 Å². The maximum Gasteiger partial charge on any atom is 0.271 e. The number of hydrogen-bond acceptors (Lipinski definition) is 5. The monoisotopic (exact) mass is 221 g/mol. The molecule has 4 N–H and O–H groups in total. The molecule has 6 nitrogen and oxygen atoms in total. The Kier molecular flexibility index (Phi) is 3.31. The van der Waals surface area contributed by atoms with Crippen molar-refractivity contribution < 1.29 is 4.79 Å². The molecule has 6 heteroatoms. The van der Waals surface area contributed by atoms with Crippen LogP contribution in [0.3, 0.4) is 0 Å². The topological polar surface area (TPSA) is 92.9 Å². The molecule has 1 fully saturated rings. The molecule has 0 radical (unpaired) electrons. The number of carbonyl (C=O) groups excluding carboxylic acids is 1. The molecule has 2 rings (SSSR count). The van der Waals surface area contributed by atoms with Crippen LogP contribution in [0.5, 0.6) is 0 Å². The van der Waals surface area contributed by atoms with Crippen molar-refractivity contribution in [2.24, 2.45) is 5.73 Å². The van der Waals surface area contributed by atoms with Crippen molar-refractivity contribution in [3.05, 3.63) is 18.1 Å². The van der Waals surface area contributed by atoms with Gasteiger partial charge in [-0.1, -0.05) is 0 Å². The summed E-state index contributed by atoms with van der Waals surface area (Å²) in [5, 5.41) is 6.47. The van der Waals surface area contributed by atoms with Gasteiger partial charge in [-0.05, 0) is 19.4 Å². The second-order valence-electron chi connectivity index (χ2n) is 3.81. The number of rotatable bonds is 3. The van der Waals surface area contributed by atoms with E-state index in [0.29, 0.717) is 5.82 Å². The molecule has 0 unspecified atom stereocenters. The van der Waals surface area contributed by atoms with E-state index in [4.69, 9.17) is 5.73 Å². The van der Waals surface area contributed by atoms with Crippen LogP contribution in [-0.2, 0) is 0 Å². The van der Waals surface area contributed by atoms with Gasteiger partial charge in [-0.2, -0.15) is 0 Å². The summed E-state index contributed by atoms with van der Waals surface area (Å²) in [6, 6.07) is 0.281. The van der Waals surface area contributed by atoms with E-state index in [1.54, 1.807) is 6.20 Å². The molecule has 1 aliphatic rings. The molecule has 2 heterocycles. The molecule has 16 heavy (non-hydrogen) atoms. The van der Waals surface area contributed by atoms with Crippen LogP contribution < -0.4 is 16.4 Å². The van der Waals surface area contributed by atoms with Crippen LogP contribution in [0.2, 0.25) is 0 Å². The maximum atomic E-state index is 11.1. The molecule has 1 atom stereocenters. The standard InChI is InChI=1S/C10H15N5O/c11-9(16)8-10(14-5-4-13-8)15-7-2-1-3-12-6-7/h4-5,7,12H,1-3,6H2,(H2,11,16)(H,14,15)/t7-/m0/s1. The Morgan fingerprint density at radius 1 is 1.50 bits per heavy atom. The van der Waals surface area contributed by atoms with Crippen molar-refractivity contribution in [1.82, 2.24) is 15.3 Å². The summed E-state index contributed by atoms with van der Waals surface area (Å²) >= 11 is 0. The summed E-state index contributed by atoms with van der Waals surface area (Å²) in [6.07, 6.45) is 5.18. The summed E-state index contributed by atoms with van der Waals surface area (Å²) in [5.74, 6) is -0.0805. The van der Waals surface area contributed by atoms with Gasteiger partial charge in [0.2, 0.25) is 0 Å². The van der Waals surface area contributed by atoms with E-state index in [1.807, 2.05) is 0 Å². The zero-order valence-corrected chi connectivity index (χ0v) is 8.94. The van der Waals surface area contributed by atoms with Gasteiger partial charge in [0, 0.05) is 25.0 Å². The highest BCUT2D eigenvalue weighted by Crippen LogP contribution is 2.12. The Labute approximate surface area is 93.7 Å². The zero-order chi connectivity index (χ0) is 11.4. The molecule has 0 saturated carbocycles. The fraction of sp³-hybridized carbons (Fsp3) is 0.500. The minimum absolute atomic E-state index is 0.202. The van der Waals surface area contributed by atoms with Gasteiger partial charge in [0.1, 0.15) is 0 Å². The van der Waals surface area contributed by atoms with E-state index >= 15 is 0 Å². The first kappa shape index (κ1) is 10.8. The van der Waals surface area contributed by atoms with Crippen molar-refractivity contribution in [3.63, 3.8) is 0 Å². The van der Waals surface area contributed by atoms with Crippen LogP contribution in [0.15, 0.2) is 12.4 Å². The lowest BCUT2D eigenvalue weighted by molar-refractivity contribution is 0.0996. The number of anilines is 1. The Hall–Kier alpha value is -1.69. The predicted octanol–water partition coefficient (Wildman–Crippen LogP) is -0.261. The van der Waals surface area contributed by atoms with Gasteiger partial charge in [0.15, 0.2) is 11.5 Å². The SMILES string of the molecule is NC(=O)c1nccnc1N[C@H]1CCCNC1. The molecular formula is C10H15N5O. The number of nitrogens with two attached hydrogens (primary N) is 1. The second kappa shape index (κ2) is 4.89. The van der Waals surface area contributed by atoms with Crippen LogP contribution in [0.25, 0.3) is 0 Å². The van der Waals surface area contributed by atoms with Gasteiger partial charge >= 0.3 is 0 Å². The van der Waals surface area contributed by atoms with Gasteiger partial charge in [-0.15, -0.1) is 0 Å². The smallest absolute Gasteiger partial charge is 0.271 e. The van der Waals surface area contributed by atoms with Gasteiger partial charge < -0.3 is 16.4 Å². The van der Waals surface area contributed by atoms with Gasteiger partial charge in [-0.3, -0.25) is 4.79 Å². The lowest BCUT2D eigenvalue weighted by atomic mass is 10.1. The highest BCUT2D eigenvalue weighted by molar-refractivity contribution is 5.95. The predicted molar refractivity (Wildman–Crippen MR) is 60.1 cm³/mol. The number of carbonyl (C=O) groups is 1. The van der Waals surface area contributed by atoms with Crippen molar-refractivity contribution >= 4 is 11.7 Å². The molecule has 0 aromatic carbocycles. The van der Waals surface area contributed by atoms with E-state index in [2.05, 4.69) is 20.6 Å². The third-order valence-corrected chi connectivity index (χ3v) is 2.57. The lowest BCUT2D eigenvalue weighted by Gasteiger charge is -2.24. The average molecular weight is 221 g/mol. The highest BCUT2D eigenvalue weighted by atomic mass is 16.1. The van der Waals surface area contributed by atoms with Gasteiger partial charge in [0.25, 0.3) is 5.91 Å². The molecular weight excluding hydrogens is 206 g/mol. The minimum atomic E-state index is -0.556. The Balaban J connectivity index is 2.10. The number of primary amides is 1. The first-order valence-electron chi connectivity index (χ1n) is 5.35. The summed E-state index contributed by atoms with van der Waals surface area (Å²) in [7, 11) is 0. The minimum Gasteiger partial charge on any atom is -0.364 e. The molecule has 0 bridgehead atoms. The Morgan fingerprint density at radius 3 is 3.00 bits per heavy atom. The van der Waals surface area contributed by atoms with Crippen LogP contribution in [-0.4, -0.2) is 35.0 Å².